The molecular formula is C17H18N2O. The van der Waals surface area contributed by atoms with Crippen LogP contribution in [0.2, 0.25) is 0 Å². The van der Waals surface area contributed by atoms with E-state index in [0.29, 0.717) is 5.56 Å². The number of hydrogen-bond donors (Lipinski definition) is 1. The fraction of sp³-hybridized carbons (Fsp3) is 0.235. The van der Waals surface area contributed by atoms with E-state index in [0.717, 1.165) is 24.4 Å². The van der Waals surface area contributed by atoms with Gasteiger partial charge in [-0.3, -0.25) is 0 Å². The van der Waals surface area contributed by atoms with Crippen LogP contribution < -0.4 is 10.1 Å². The molecular weight excluding hydrogens is 248 g/mol. The second kappa shape index (κ2) is 6.74. The van der Waals surface area contributed by atoms with Crippen molar-refractivity contribution in [1.29, 1.82) is 5.26 Å². The van der Waals surface area contributed by atoms with Crippen molar-refractivity contribution in [1.82, 2.24) is 5.32 Å². The first-order chi connectivity index (χ1) is 9.72. The lowest BCUT2D eigenvalue weighted by atomic mass is 10.1. The highest BCUT2D eigenvalue weighted by Crippen LogP contribution is 2.13. The molecule has 2 aromatic carbocycles. The molecule has 0 saturated heterocycles. The molecule has 0 aliphatic heterocycles. The Balaban J connectivity index is 1.94. The summed E-state index contributed by atoms with van der Waals surface area (Å²) in [5.41, 5.74) is 4.25. The maximum absolute atomic E-state index is 8.85. The normalized spacial score (nSPS) is 10.1. The first-order valence-corrected chi connectivity index (χ1v) is 6.56. The quantitative estimate of drug-likeness (QED) is 0.904. The van der Waals surface area contributed by atoms with Crippen LogP contribution in [0.4, 0.5) is 0 Å². The number of nitriles is 1. The molecule has 0 fully saturated rings. The topological polar surface area (TPSA) is 45.0 Å². The fourth-order valence-electron chi connectivity index (χ4n) is 2.09. The van der Waals surface area contributed by atoms with Gasteiger partial charge in [-0.2, -0.15) is 5.26 Å². The van der Waals surface area contributed by atoms with Gasteiger partial charge >= 0.3 is 0 Å². The molecule has 0 bridgehead atoms. The van der Waals surface area contributed by atoms with Gasteiger partial charge in [-0.25, -0.2) is 0 Å². The molecule has 2 aromatic rings. The van der Waals surface area contributed by atoms with Crippen LogP contribution in [0.1, 0.15) is 22.3 Å². The van der Waals surface area contributed by atoms with Crippen molar-refractivity contribution in [3.8, 4) is 11.8 Å². The Labute approximate surface area is 119 Å². The molecule has 0 atom stereocenters. The van der Waals surface area contributed by atoms with Gasteiger partial charge in [-0.05, 0) is 47.9 Å². The maximum Gasteiger partial charge on any atom is 0.119 e. The van der Waals surface area contributed by atoms with Crippen LogP contribution in [0.25, 0.3) is 0 Å². The molecule has 3 heteroatoms. The third-order valence-electron chi connectivity index (χ3n) is 3.25. The average molecular weight is 266 g/mol. The number of nitrogens with one attached hydrogen (secondary N) is 1. The minimum atomic E-state index is 0.707. The van der Waals surface area contributed by atoms with Crippen LogP contribution in [-0.2, 0) is 13.1 Å². The van der Waals surface area contributed by atoms with Crippen molar-refractivity contribution in [2.75, 3.05) is 7.11 Å². The van der Waals surface area contributed by atoms with E-state index < -0.39 is 0 Å². The molecule has 0 aromatic heterocycles. The summed E-state index contributed by atoms with van der Waals surface area (Å²) in [5.74, 6) is 0.874. The number of hydrogen-bond acceptors (Lipinski definition) is 3. The van der Waals surface area contributed by atoms with Crippen molar-refractivity contribution in [3.05, 3.63) is 64.7 Å². The lowest BCUT2D eigenvalue weighted by Gasteiger charge is -2.09. The van der Waals surface area contributed by atoms with Crippen molar-refractivity contribution in [3.63, 3.8) is 0 Å². The maximum atomic E-state index is 8.85. The van der Waals surface area contributed by atoms with Crippen LogP contribution in [0.15, 0.2) is 42.5 Å². The lowest BCUT2D eigenvalue weighted by Crippen LogP contribution is -2.13. The monoisotopic (exact) mass is 266 g/mol. The average Bonchev–Trinajstić information content (AvgIpc) is 2.49. The number of ether oxygens (including phenoxy) is 1. The van der Waals surface area contributed by atoms with E-state index in [1.54, 1.807) is 7.11 Å². The highest BCUT2D eigenvalue weighted by Gasteiger charge is 2.01. The van der Waals surface area contributed by atoms with Gasteiger partial charge in [0.05, 0.1) is 18.7 Å². The number of methoxy groups -OCH3 is 1. The Morgan fingerprint density at radius 3 is 2.70 bits per heavy atom. The molecule has 0 spiro atoms. The van der Waals surface area contributed by atoms with Crippen molar-refractivity contribution in [2.45, 2.75) is 20.0 Å². The highest BCUT2D eigenvalue weighted by molar-refractivity contribution is 5.37. The third-order valence-corrected chi connectivity index (χ3v) is 3.25. The Kier molecular flexibility index (Phi) is 4.75. The van der Waals surface area contributed by atoms with Gasteiger partial charge in [0.2, 0.25) is 0 Å². The van der Waals surface area contributed by atoms with Crippen LogP contribution in [0, 0.1) is 18.3 Å². The zero-order valence-corrected chi connectivity index (χ0v) is 11.8. The van der Waals surface area contributed by atoms with E-state index >= 15 is 0 Å². The summed E-state index contributed by atoms with van der Waals surface area (Å²) in [4.78, 5) is 0. The summed E-state index contributed by atoms with van der Waals surface area (Å²) >= 11 is 0. The Morgan fingerprint density at radius 2 is 2.00 bits per heavy atom. The molecule has 0 radical (unpaired) electrons. The molecule has 2 rings (SSSR count). The highest BCUT2D eigenvalue weighted by atomic mass is 16.5. The van der Waals surface area contributed by atoms with Gasteiger partial charge in [-0.15, -0.1) is 0 Å². The molecule has 102 valence electrons. The zero-order chi connectivity index (χ0) is 14.4. The van der Waals surface area contributed by atoms with E-state index in [1.807, 2.05) is 43.3 Å². The van der Waals surface area contributed by atoms with Crippen molar-refractivity contribution in [2.24, 2.45) is 0 Å². The molecule has 0 heterocycles. The second-order valence-electron chi connectivity index (χ2n) is 4.71. The van der Waals surface area contributed by atoms with Crippen molar-refractivity contribution < 1.29 is 4.74 Å². The van der Waals surface area contributed by atoms with E-state index in [-0.39, 0.29) is 0 Å². The molecule has 3 nitrogen and oxygen atoms in total. The van der Waals surface area contributed by atoms with Gasteiger partial charge in [0.15, 0.2) is 0 Å². The van der Waals surface area contributed by atoms with Crippen molar-refractivity contribution >= 4 is 0 Å². The molecule has 0 saturated carbocycles. The molecule has 0 aliphatic rings. The summed E-state index contributed by atoms with van der Waals surface area (Å²) < 4.78 is 5.21. The van der Waals surface area contributed by atoms with Crippen LogP contribution in [0.3, 0.4) is 0 Å². The molecule has 1 N–H and O–H groups in total. The summed E-state index contributed by atoms with van der Waals surface area (Å²) in [6, 6.07) is 16.0. The van der Waals surface area contributed by atoms with Gasteiger partial charge in [0, 0.05) is 13.1 Å². The summed E-state index contributed by atoms with van der Waals surface area (Å²) in [5, 5.41) is 12.3. The summed E-state index contributed by atoms with van der Waals surface area (Å²) in [6.45, 7) is 3.61. The minimum Gasteiger partial charge on any atom is -0.497 e. The SMILES string of the molecule is COc1cccc(CNCc2ccc(C#N)cc2C)c1. The summed E-state index contributed by atoms with van der Waals surface area (Å²) in [6.07, 6.45) is 0. The Bertz CT molecular complexity index is 629. The molecule has 20 heavy (non-hydrogen) atoms. The van der Waals surface area contributed by atoms with E-state index in [9.17, 15) is 0 Å². The van der Waals surface area contributed by atoms with Gasteiger partial charge in [-0.1, -0.05) is 18.2 Å². The largest absolute Gasteiger partial charge is 0.497 e. The van der Waals surface area contributed by atoms with E-state index in [1.165, 1.54) is 11.1 Å². The van der Waals surface area contributed by atoms with Crippen LogP contribution in [-0.4, -0.2) is 7.11 Å². The Morgan fingerprint density at radius 1 is 1.15 bits per heavy atom. The molecule has 0 unspecified atom stereocenters. The number of rotatable bonds is 5. The first-order valence-electron chi connectivity index (χ1n) is 6.56. The standard InChI is InChI=1S/C17H18N2O/c1-13-8-14(10-18)6-7-16(13)12-19-11-15-4-3-5-17(9-15)20-2/h3-9,19H,11-12H2,1-2H3. The fourth-order valence-corrected chi connectivity index (χ4v) is 2.09. The number of aryl methyl sites for hydroxylation is 1. The van der Waals surface area contributed by atoms with E-state index in [2.05, 4.69) is 17.5 Å². The predicted octanol–water partition coefficient (Wildman–Crippen LogP) is 3.17. The molecule has 0 amide bonds. The lowest BCUT2D eigenvalue weighted by molar-refractivity contribution is 0.414. The third kappa shape index (κ3) is 3.59. The minimum absolute atomic E-state index is 0.707. The van der Waals surface area contributed by atoms with Crippen LogP contribution >= 0.6 is 0 Å². The van der Waals surface area contributed by atoms with Gasteiger partial charge in [0.1, 0.15) is 5.75 Å². The number of benzene rings is 2. The summed E-state index contributed by atoms with van der Waals surface area (Å²) in [7, 11) is 1.67. The van der Waals surface area contributed by atoms with Crippen LogP contribution in [0.5, 0.6) is 5.75 Å². The second-order valence-corrected chi connectivity index (χ2v) is 4.71. The molecule has 0 aliphatic carbocycles. The smallest absolute Gasteiger partial charge is 0.119 e. The van der Waals surface area contributed by atoms with E-state index in [4.69, 9.17) is 10.00 Å². The Hall–Kier alpha value is -2.31. The van der Waals surface area contributed by atoms with Gasteiger partial charge < -0.3 is 10.1 Å². The first kappa shape index (κ1) is 14.1. The van der Waals surface area contributed by atoms with Gasteiger partial charge in [0.25, 0.3) is 0 Å². The zero-order valence-electron chi connectivity index (χ0n) is 11.8. The predicted molar refractivity (Wildman–Crippen MR) is 79.4 cm³/mol. The number of nitrogens with zero attached hydrogens (tertiary/aromatic N) is 1.